The van der Waals surface area contributed by atoms with E-state index >= 15 is 0 Å². The third-order valence-electron chi connectivity index (χ3n) is 3.26. The molecule has 22 heavy (non-hydrogen) atoms. The molecule has 0 radical (unpaired) electrons. The molecule has 0 unspecified atom stereocenters. The van der Waals surface area contributed by atoms with Gasteiger partial charge in [0.2, 0.25) is 0 Å². The zero-order chi connectivity index (χ0) is 15.8. The van der Waals surface area contributed by atoms with Gasteiger partial charge in [0.1, 0.15) is 0 Å². The van der Waals surface area contributed by atoms with Gasteiger partial charge in [0.05, 0.1) is 0 Å². The van der Waals surface area contributed by atoms with Crippen molar-refractivity contribution >= 4 is 17.3 Å². The fourth-order valence-electron chi connectivity index (χ4n) is 2.15. The maximum atomic E-state index is 5.57. The van der Waals surface area contributed by atoms with Crippen LogP contribution in [0.2, 0.25) is 0 Å². The second-order valence-electron chi connectivity index (χ2n) is 5.44. The van der Waals surface area contributed by atoms with Crippen LogP contribution < -0.4 is 5.32 Å². The fourth-order valence-corrected chi connectivity index (χ4v) is 2.35. The summed E-state index contributed by atoms with van der Waals surface area (Å²) in [7, 11) is 0. The Morgan fingerprint density at radius 2 is 1.41 bits per heavy atom. The van der Waals surface area contributed by atoms with E-state index in [4.69, 9.17) is 12.2 Å². The number of nitrogens with zero attached hydrogens (tertiary/aromatic N) is 1. The van der Waals surface area contributed by atoms with Crippen LogP contribution in [0.5, 0.6) is 0 Å². The van der Waals surface area contributed by atoms with Gasteiger partial charge in [-0.05, 0) is 30.3 Å². The van der Waals surface area contributed by atoms with Crippen molar-refractivity contribution < 1.29 is 0 Å². The molecule has 1 N–H and O–H groups in total. The van der Waals surface area contributed by atoms with Gasteiger partial charge in [-0.2, -0.15) is 0 Å². The molecule has 0 aliphatic rings. The molecule has 0 aliphatic carbocycles. The Labute approximate surface area is 138 Å². The highest BCUT2D eigenvalue weighted by atomic mass is 32.1. The van der Waals surface area contributed by atoms with E-state index in [1.54, 1.807) is 0 Å². The number of benzene rings is 2. The Morgan fingerprint density at radius 1 is 0.955 bits per heavy atom. The van der Waals surface area contributed by atoms with Crippen LogP contribution >= 0.6 is 12.2 Å². The van der Waals surface area contributed by atoms with Crippen molar-refractivity contribution in [1.29, 1.82) is 0 Å². The highest BCUT2D eigenvalue weighted by Crippen LogP contribution is 2.10. The van der Waals surface area contributed by atoms with Crippen LogP contribution in [0.4, 0.5) is 0 Å². The van der Waals surface area contributed by atoms with Gasteiger partial charge in [-0.3, -0.25) is 0 Å². The molecule has 0 saturated carbocycles. The van der Waals surface area contributed by atoms with Gasteiger partial charge in [0.25, 0.3) is 0 Å². The summed E-state index contributed by atoms with van der Waals surface area (Å²) in [5.41, 5.74) is 3.57. The zero-order valence-corrected chi connectivity index (χ0v) is 13.8. The minimum absolute atomic E-state index is 0.707. The van der Waals surface area contributed by atoms with Gasteiger partial charge in [-0.15, -0.1) is 0 Å². The van der Waals surface area contributed by atoms with Gasteiger partial charge in [0.15, 0.2) is 5.11 Å². The molecule has 0 fully saturated rings. The summed E-state index contributed by atoms with van der Waals surface area (Å²) < 4.78 is 0. The first-order chi connectivity index (χ1) is 10.6. The monoisotopic (exact) mass is 310 g/mol. The van der Waals surface area contributed by atoms with E-state index < -0.39 is 0 Å². The molecule has 2 rings (SSSR count). The molecule has 114 valence electrons. The van der Waals surface area contributed by atoms with E-state index in [1.807, 2.05) is 19.1 Å². The van der Waals surface area contributed by atoms with Crippen LogP contribution in [-0.4, -0.2) is 16.6 Å². The minimum Gasteiger partial charge on any atom is -0.359 e. The van der Waals surface area contributed by atoms with Gasteiger partial charge in [0, 0.05) is 19.6 Å². The molecule has 0 saturated heterocycles. The zero-order valence-electron chi connectivity index (χ0n) is 13.0. The summed E-state index contributed by atoms with van der Waals surface area (Å²) in [6.07, 6.45) is 0. The number of thiocarbonyl (C=S) groups is 1. The fraction of sp³-hybridized carbons (Fsp3) is 0.211. The van der Waals surface area contributed by atoms with Crippen LogP contribution in [-0.2, 0) is 13.1 Å². The lowest BCUT2D eigenvalue weighted by Crippen LogP contribution is -2.39. The van der Waals surface area contributed by atoms with Gasteiger partial charge < -0.3 is 10.2 Å². The first-order valence-corrected chi connectivity index (χ1v) is 7.81. The Hall–Kier alpha value is -2.13. The largest absolute Gasteiger partial charge is 0.359 e. The van der Waals surface area contributed by atoms with Crippen molar-refractivity contribution in [2.24, 2.45) is 0 Å². The summed E-state index contributed by atoms with van der Waals surface area (Å²) in [5.74, 6) is 0. The number of nitrogens with one attached hydrogen (secondary N) is 1. The average molecular weight is 310 g/mol. The smallest absolute Gasteiger partial charge is 0.169 e. The second-order valence-corrected chi connectivity index (χ2v) is 5.83. The summed E-state index contributed by atoms with van der Waals surface area (Å²) in [5, 5.41) is 4.04. The first-order valence-electron chi connectivity index (χ1n) is 7.40. The summed E-state index contributed by atoms with van der Waals surface area (Å²) in [4.78, 5) is 2.18. The number of rotatable bonds is 6. The summed E-state index contributed by atoms with van der Waals surface area (Å²) in [6.45, 7) is 8.19. The van der Waals surface area contributed by atoms with Crippen LogP contribution in [0.15, 0.2) is 72.8 Å². The molecule has 2 aromatic carbocycles. The molecule has 2 aromatic rings. The quantitative estimate of drug-likeness (QED) is 0.638. The standard InChI is InChI=1S/C19H22N2S/c1-16(2)13-20-19(22)21(14-17-9-5-3-6-10-17)15-18-11-7-4-8-12-18/h3-12H,1,13-15H2,2H3,(H,20,22). The van der Waals surface area contributed by atoms with Crippen LogP contribution in [0.25, 0.3) is 0 Å². The lowest BCUT2D eigenvalue weighted by Gasteiger charge is -2.26. The molecule has 2 nitrogen and oxygen atoms in total. The van der Waals surface area contributed by atoms with Crippen molar-refractivity contribution in [1.82, 2.24) is 10.2 Å². The molecule has 0 aromatic heterocycles. The Kier molecular flexibility index (Phi) is 6.16. The molecule has 3 heteroatoms. The van der Waals surface area contributed by atoms with Gasteiger partial charge in [-0.25, -0.2) is 0 Å². The van der Waals surface area contributed by atoms with E-state index in [0.717, 1.165) is 23.8 Å². The molecular formula is C19H22N2S. The van der Waals surface area contributed by atoms with Gasteiger partial charge >= 0.3 is 0 Å². The van der Waals surface area contributed by atoms with Crippen LogP contribution in [0.3, 0.4) is 0 Å². The molecule has 0 bridgehead atoms. The lowest BCUT2D eigenvalue weighted by atomic mass is 10.2. The topological polar surface area (TPSA) is 15.3 Å². The Balaban J connectivity index is 2.09. The van der Waals surface area contributed by atoms with E-state index in [9.17, 15) is 0 Å². The highest BCUT2D eigenvalue weighted by molar-refractivity contribution is 7.80. The van der Waals surface area contributed by atoms with E-state index in [0.29, 0.717) is 6.54 Å². The van der Waals surface area contributed by atoms with E-state index in [1.165, 1.54) is 11.1 Å². The predicted octanol–water partition coefficient (Wildman–Crippen LogP) is 4.14. The second kappa shape index (κ2) is 8.35. The van der Waals surface area contributed by atoms with Crippen molar-refractivity contribution in [2.75, 3.05) is 6.54 Å². The molecule has 0 amide bonds. The Bertz CT molecular complexity index is 566. The lowest BCUT2D eigenvalue weighted by molar-refractivity contribution is 0.400. The highest BCUT2D eigenvalue weighted by Gasteiger charge is 2.10. The van der Waals surface area contributed by atoms with Crippen molar-refractivity contribution in [3.05, 3.63) is 83.9 Å². The number of hydrogen-bond donors (Lipinski definition) is 1. The normalized spacial score (nSPS) is 10.0. The molecule has 0 atom stereocenters. The van der Waals surface area contributed by atoms with E-state index in [2.05, 4.69) is 65.3 Å². The first kappa shape index (κ1) is 16.2. The molecule has 0 heterocycles. The molecule has 0 aliphatic heterocycles. The van der Waals surface area contributed by atoms with Crippen LogP contribution in [0.1, 0.15) is 18.1 Å². The van der Waals surface area contributed by atoms with Gasteiger partial charge in [-0.1, -0.05) is 72.8 Å². The third-order valence-corrected chi connectivity index (χ3v) is 3.66. The maximum Gasteiger partial charge on any atom is 0.169 e. The minimum atomic E-state index is 0.707. The molecular weight excluding hydrogens is 288 g/mol. The maximum absolute atomic E-state index is 5.57. The SMILES string of the molecule is C=C(C)CNC(=S)N(Cc1ccccc1)Cc1ccccc1. The summed E-state index contributed by atoms with van der Waals surface area (Å²) in [6, 6.07) is 20.8. The molecule has 0 spiro atoms. The van der Waals surface area contributed by atoms with E-state index in [-0.39, 0.29) is 0 Å². The average Bonchev–Trinajstić information content (AvgIpc) is 2.54. The third kappa shape index (κ3) is 5.34. The number of hydrogen-bond acceptors (Lipinski definition) is 1. The van der Waals surface area contributed by atoms with Crippen molar-refractivity contribution in [3.63, 3.8) is 0 Å². The summed E-state index contributed by atoms with van der Waals surface area (Å²) >= 11 is 5.57. The Morgan fingerprint density at radius 3 is 1.82 bits per heavy atom. The van der Waals surface area contributed by atoms with Crippen LogP contribution in [0, 0.1) is 0 Å². The van der Waals surface area contributed by atoms with Crippen molar-refractivity contribution in [3.8, 4) is 0 Å². The van der Waals surface area contributed by atoms with Crippen molar-refractivity contribution in [2.45, 2.75) is 20.0 Å². The predicted molar refractivity (Wildman–Crippen MR) is 97.5 cm³/mol.